The first-order valence-corrected chi connectivity index (χ1v) is 5.92. The van der Waals surface area contributed by atoms with Crippen LogP contribution >= 0.6 is 27.7 Å². The lowest BCUT2D eigenvalue weighted by atomic mass is 10.1. The molecule has 0 aliphatic heterocycles. The van der Waals surface area contributed by atoms with Crippen LogP contribution in [0.25, 0.3) is 0 Å². The standard InChI is InChI=1S/C9H9BrF2OS/c10-5-8(13)6-2-1-3-7(4-6)14-9(11)12/h1-4,8-9,13H,5H2. The second-order valence-electron chi connectivity index (χ2n) is 2.62. The zero-order chi connectivity index (χ0) is 10.6. The van der Waals surface area contributed by atoms with Crippen molar-refractivity contribution in [1.29, 1.82) is 0 Å². The first-order valence-electron chi connectivity index (χ1n) is 3.92. The highest BCUT2D eigenvalue weighted by Crippen LogP contribution is 2.27. The minimum atomic E-state index is -2.42. The number of hydrogen-bond acceptors (Lipinski definition) is 2. The van der Waals surface area contributed by atoms with Gasteiger partial charge in [0.15, 0.2) is 0 Å². The van der Waals surface area contributed by atoms with E-state index in [1.165, 1.54) is 0 Å². The average molecular weight is 283 g/mol. The summed E-state index contributed by atoms with van der Waals surface area (Å²) < 4.78 is 24.1. The Morgan fingerprint density at radius 1 is 1.43 bits per heavy atom. The Hall–Kier alpha value is -0.130. The van der Waals surface area contributed by atoms with Gasteiger partial charge in [-0.3, -0.25) is 0 Å². The van der Waals surface area contributed by atoms with Crippen LogP contribution in [0.2, 0.25) is 0 Å². The van der Waals surface area contributed by atoms with E-state index in [2.05, 4.69) is 15.9 Å². The van der Waals surface area contributed by atoms with Crippen molar-refractivity contribution in [2.45, 2.75) is 16.8 Å². The van der Waals surface area contributed by atoms with Gasteiger partial charge in [-0.15, -0.1) is 0 Å². The Balaban J connectivity index is 2.78. The fourth-order valence-electron chi connectivity index (χ4n) is 0.987. The molecule has 0 aromatic heterocycles. The summed E-state index contributed by atoms with van der Waals surface area (Å²) in [4.78, 5) is 0.470. The highest BCUT2D eigenvalue weighted by molar-refractivity contribution is 9.09. The summed E-state index contributed by atoms with van der Waals surface area (Å²) in [6, 6.07) is 6.54. The van der Waals surface area contributed by atoms with Gasteiger partial charge in [0.1, 0.15) is 0 Å². The van der Waals surface area contributed by atoms with Crippen molar-refractivity contribution in [2.24, 2.45) is 0 Å². The summed E-state index contributed by atoms with van der Waals surface area (Å²) in [6.07, 6.45) is -0.645. The zero-order valence-electron chi connectivity index (χ0n) is 7.16. The van der Waals surface area contributed by atoms with Gasteiger partial charge >= 0.3 is 0 Å². The first-order chi connectivity index (χ1) is 6.63. The summed E-state index contributed by atoms with van der Waals surface area (Å²) >= 11 is 3.60. The lowest BCUT2D eigenvalue weighted by Gasteiger charge is -2.08. The van der Waals surface area contributed by atoms with Crippen molar-refractivity contribution in [2.75, 3.05) is 5.33 Å². The second-order valence-corrected chi connectivity index (χ2v) is 4.33. The van der Waals surface area contributed by atoms with Crippen LogP contribution in [-0.2, 0) is 0 Å². The van der Waals surface area contributed by atoms with Crippen LogP contribution in [0, 0.1) is 0 Å². The van der Waals surface area contributed by atoms with Gasteiger partial charge in [-0.2, -0.15) is 8.78 Å². The minimum absolute atomic E-state index is 0.399. The van der Waals surface area contributed by atoms with Crippen LogP contribution in [0.1, 0.15) is 11.7 Å². The van der Waals surface area contributed by atoms with E-state index in [4.69, 9.17) is 0 Å². The Morgan fingerprint density at radius 2 is 2.14 bits per heavy atom. The van der Waals surface area contributed by atoms with Gasteiger partial charge in [0.2, 0.25) is 0 Å². The topological polar surface area (TPSA) is 20.2 Å². The zero-order valence-corrected chi connectivity index (χ0v) is 9.56. The molecule has 5 heteroatoms. The number of benzene rings is 1. The van der Waals surface area contributed by atoms with E-state index in [0.29, 0.717) is 27.6 Å². The van der Waals surface area contributed by atoms with Crippen molar-refractivity contribution >= 4 is 27.7 Å². The summed E-state index contributed by atoms with van der Waals surface area (Å²) in [5.74, 6) is -2.42. The molecule has 0 radical (unpaired) electrons. The number of aliphatic hydroxyl groups excluding tert-OH is 1. The molecule has 1 aromatic carbocycles. The summed E-state index contributed by atoms with van der Waals surface area (Å²) in [6.45, 7) is 0. The van der Waals surface area contributed by atoms with Crippen molar-refractivity contribution < 1.29 is 13.9 Å². The number of rotatable bonds is 4. The van der Waals surface area contributed by atoms with Crippen LogP contribution in [0.3, 0.4) is 0 Å². The van der Waals surface area contributed by atoms with Crippen LogP contribution in [-0.4, -0.2) is 16.2 Å². The van der Waals surface area contributed by atoms with Crippen molar-refractivity contribution in [3.05, 3.63) is 29.8 Å². The van der Waals surface area contributed by atoms with Gasteiger partial charge in [-0.05, 0) is 17.7 Å². The summed E-state index contributed by atoms with van der Waals surface area (Å²) in [7, 11) is 0. The lowest BCUT2D eigenvalue weighted by Crippen LogP contribution is -1.98. The van der Waals surface area contributed by atoms with Crippen LogP contribution in [0.5, 0.6) is 0 Å². The van der Waals surface area contributed by atoms with E-state index in [1.54, 1.807) is 24.3 Å². The van der Waals surface area contributed by atoms with Crippen molar-refractivity contribution in [3.63, 3.8) is 0 Å². The molecule has 0 aliphatic carbocycles. The molecule has 1 nitrogen and oxygen atoms in total. The molecule has 1 unspecified atom stereocenters. The quantitative estimate of drug-likeness (QED) is 0.675. The van der Waals surface area contributed by atoms with E-state index in [9.17, 15) is 13.9 Å². The van der Waals surface area contributed by atoms with E-state index in [1.807, 2.05) is 0 Å². The molecule has 1 rings (SSSR count). The van der Waals surface area contributed by atoms with Gasteiger partial charge in [0, 0.05) is 10.2 Å². The van der Waals surface area contributed by atoms with Crippen LogP contribution < -0.4 is 0 Å². The van der Waals surface area contributed by atoms with Crippen LogP contribution in [0.15, 0.2) is 29.2 Å². The first kappa shape index (κ1) is 11.9. The van der Waals surface area contributed by atoms with Gasteiger partial charge in [0.25, 0.3) is 5.76 Å². The Labute approximate surface area is 93.6 Å². The fraction of sp³-hybridized carbons (Fsp3) is 0.333. The molecule has 0 spiro atoms. The maximum atomic E-state index is 12.0. The van der Waals surface area contributed by atoms with Gasteiger partial charge in [-0.25, -0.2) is 0 Å². The Bertz CT molecular complexity index is 296. The fourth-order valence-corrected chi connectivity index (χ4v) is 1.93. The second kappa shape index (κ2) is 5.68. The molecule has 0 saturated carbocycles. The van der Waals surface area contributed by atoms with Crippen molar-refractivity contribution in [1.82, 2.24) is 0 Å². The molecule has 0 heterocycles. The Kier molecular flexibility index (Phi) is 4.84. The molecule has 1 aromatic rings. The summed E-state index contributed by atoms with van der Waals surface area (Å²) in [5, 5.41) is 9.84. The van der Waals surface area contributed by atoms with Crippen LogP contribution in [0.4, 0.5) is 8.78 Å². The molecule has 0 saturated heterocycles. The number of thioether (sulfide) groups is 1. The smallest absolute Gasteiger partial charge is 0.288 e. The number of alkyl halides is 3. The summed E-state index contributed by atoms with van der Waals surface area (Å²) in [5.41, 5.74) is 0.646. The van der Waals surface area contributed by atoms with E-state index in [0.717, 1.165) is 0 Å². The average Bonchev–Trinajstić information content (AvgIpc) is 2.16. The highest BCUT2D eigenvalue weighted by Gasteiger charge is 2.09. The predicted octanol–water partition coefficient (Wildman–Crippen LogP) is 3.43. The normalized spacial score (nSPS) is 13.2. The molecule has 1 N–H and O–H groups in total. The molecule has 0 bridgehead atoms. The molecule has 0 aliphatic rings. The van der Waals surface area contributed by atoms with Gasteiger partial charge in [0.05, 0.1) is 6.10 Å². The lowest BCUT2D eigenvalue weighted by molar-refractivity contribution is 0.205. The SMILES string of the molecule is OC(CBr)c1cccc(SC(F)F)c1. The van der Waals surface area contributed by atoms with E-state index >= 15 is 0 Å². The predicted molar refractivity (Wildman–Crippen MR) is 57.1 cm³/mol. The van der Waals surface area contributed by atoms with E-state index in [-0.39, 0.29) is 0 Å². The third kappa shape index (κ3) is 3.55. The maximum absolute atomic E-state index is 12.0. The molecule has 1 atom stereocenters. The van der Waals surface area contributed by atoms with Gasteiger partial charge < -0.3 is 5.11 Å². The van der Waals surface area contributed by atoms with E-state index < -0.39 is 11.9 Å². The van der Waals surface area contributed by atoms with Gasteiger partial charge in [-0.1, -0.05) is 39.8 Å². The molecular weight excluding hydrogens is 274 g/mol. The molecule has 0 fully saturated rings. The maximum Gasteiger partial charge on any atom is 0.288 e. The third-order valence-electron chi connectivity index (χ3n) is 1.61. The molecule has 78 valence electrons. The number of halogens is 3. The van der Waals surface area contributed by atoms with Crippen molar-refractivity contribution in [3.8, 4) is 0 Å². The highest BCUT2D eigenvalue weighted by atomic mass is 79.9. The molecule has 0 amide bonds. The Morgan fingerprint density at radius 3 is 2.71 bits per heavy atom. The number of hydrogen-bond donors (Lipinski definition) is 1. The monoisotopic (exact) mass is 282 g/mol. The molecule has 14 heavy (non-hydrogen) atoms. The largest absolute Gasteiger partial charge is 0.388 e. The third-order valence-corrected chi connectivity index (χ3v) is 2.93. The minimum Gasteiger partial charge on any atom is -0.388 e. The molecular formula is C9H9BrF2OS. The number of aliphatic hydroxyl groups is 1.